The fourth-order valence-corrected chi connectivity index (χ4v) is 4.54. The highest BCUT2D eigenvalue weighted by atomic mass is 16.6. The van der Waals surface area contributed by atoms with Crippen molar-refractivity contribution < 1.29 is 9.47 Å². The monoisotopic (exact) mass is 180 g/mol. The van der Waals surface area contributed by atoms with E-state index in [1.165, 1.54) is 19.3 Å². The molecule has 2 bridgehead atoms. The molecule has 1 heterocycles. The van der Waals surface area contributed by atoms with Gasteiger partial charge in [-0.2, -0.15) is 0 Å². The minimum absolute atomic E-state index is 0.587. The molecule has 1 saturated heterocycles. The summed E-state index contributed by atoms with van der Waals surface area (Å²) in [6, 6.07) is 0. The van der Waals surface area contributed by atoms with Crippen molar-refractivity contribution in [2.24, 2.45) is 23.7 Å². The molecule has 0 radical (unpaired) electrons. The van der Waals surface area contributed by atoms with Crippen LogP contribution < -0.4 is 0 Å². The van der Waals surface area contributed by atoms with Crippen molar-refractivity contribution in [3.05, 3.63) is 0 Å². The fourth-order valence-electron chi connectivity index (χ4n) is 4.54. The zero-order chi connectivity index (χ0) is 8.58. The van der Waals surface area contributed by atoms with Gasteiger partial charge < -0.3 is 9.47 Å². The van der Waals surface area contributed by atoms with Crippen LogP contribution in [0.1, 0.15) is 19.3 Å². The van der Waals surface area contributed by atoms with Gasteiger partial charge in [-0.1, -0.05) is 0 Å². The standard InChI is InChI=1S/C11H16O2/c1-12-8-3-5-2-6(8)7-4-9-11(13-9)10(5)7/h5-11H,2-4H2,1H3. The molecule has 7 unspecified atom stereocenters. The van der Waals surface area contributed by atoms with Gasteiger partial charge in [-0.3, -0.25) is 0 Å². The average molecular weight is 180 g/mol. The van der Waals surface area contributed by atoms with Crippen LogP contribution in [0.2, 0.25) is 0 Å². The summed E-state index contributed by atoms with van der Waals surface area (Å²) in [7, 11) is 1.88. The molecule has 4 rings (SSSR count). The predicted octanol–water partition coefficient (Wildman–Crippen LogP) is 1.44. The molecular formula is C11H16O2. The summed E-state index contributed by atoms with van der Waals surface area (Å²) in [4.78, 5) is 0. The number of methoxy groups -OCH3 is 1. The first-order valence-electron chi connectivity index (χ1n) is 5.56. The number of epoxide rings is 1. The molecule has 0 aromatic rings. The zero-order valence-corrected chi connectivity index (χ0v) is 7.98. The van der Waals surface area contributed by atoms with E-state index < -0.39 is 0 Å². The van der Waals surface area contributed by atoms with E-state index in [1.54, 1.807) is 0 Å². The van der Waals surface area contributed by atoms with Gasteiger partial charge in [0.1, 0.15) is 0 Å². The van der Waals surface area contributed by atoms with Gasteiger partial charge in [-0.15, -0.1) is 0 Å². The Morgan fingerprint density at radius 1 is 1.15 bits per heavy atom. The molecule has 3 aliphatic carbocycles. The summed E-state index contributed by atoms with van der Waals surface area (Å²) in [6.07, 6.45) is 6.02. The normalized spacial score (nSPS) is 66.7. The largest absolute Gasteiger partial charge is 0.381 e. The zero-order valence-electron chi connectivity index (χ0n) is 7.98. The molecule has 2 heteroatoms. The Labute approximate surface area is 78.6 Å². The molecule has 7 atom stereocenters. The lowest BCUT2D eigenvalue weighted by Crippen LogP contribution is -2.32. The fraction of sp³-hybridized carbons (Fsp3) is 1.00. The molecule has 1 aliphatic heterocycles. The third-order valence-corrected chi connectivity index (χ3v) is 4.98. The third kappa shape index (κ3) is 0.736. The van der Waals surface area contributed by atoms with Crippen LogP contribution >= 0.6 is 0 Å². The lowest BCUT2D eigenvalue weighted by Gasteiger charge is -2.31. The van der Waals surface area contributed by atoms with E-state index in [1.807, 2.05) is 7.11 Å². The Balaban J connectivity index is 1.66. The van der Waals surface area contributed by atoms with E-state index in [9.17, 15) is 0 Å². The molecule has 3 saturated carbocycles. The van der Waals surface area contributed by atoms with Crippen LogP contribution in [0.4, 0.5) is 0 Å². The van der Waals surface area contributed by atoms with E-state index >= 15 is 0 Å². The highest BCUT2D eigenvalue weighted by Gasteiger charge is 2.66. The average Bonchev–Trinajstić information content (AvgIpc) is 2.61. The highest BCUT2D eigenvalue weighted by molar-refractivity contribution is 5.14. The first-order chi connectivity index (χ1) is 6.38. The van der Waals surface area contributed by atoms with Crippen molar-refractivity contribution in [1.82, 2.24) is 0 Å². The number of rotatable bonds is 1. The lowest BCUT2D eigenvalue weighted by atomic mass is 9.79. The summed E-state index contributed by atoms with van der Waals surface area (Å²) in [5, 5.41) is 0. The van der Waals surface area contributed by atoms with Crippen LogP contribution in [-0.4, -0.2) is 25.4 Å². The number of hydrogen-bond acceptors (Lipinski definition) is 2. The van der Waals surface area contributed by atoms with E-state index in [4.69, 9.17) is 9.47 Å². The van der Waals surface area contributed by atoms with Gasteiger partial charge in [0, 0.05) is 7.11 Å². The van der Waals surface area contributed by atoms with Gasteiger partial charge >= 0.3 is 0 Å². The first kappa shape index (κ1) is 7.24. The summed E-state index contributed by atoms with van der Waals surface area (Å²) in [6.45, 7) is 0. The van der Waals surface area contributed by atoms with E-state index in [0.717, 1.165) is 23.7 Å². The molecule has 0 N–H and O–H groups in total. The Hall–Kier alpha value is -0.0800. The minimum Gasteiger partial charge on any atom is -0.381 e. The SMILES string of the molecule is COC1CC2CC1C1CC3OC3C21. The molecule has 0 aromatic heterocycles. The Bertz CT molecular complexity index is 250. The summed E-state index contributed by atoms with van der Waals surface area (Å²) < 4.78 is 11.2. The molecule has 4 aliphatic rings. The molecule has 0 aromatic carbocycles. The van der Waals surface area contributed by atoms with Gasteiger partial charge in [0.25, 0.3) is 0 Å². The predicted molar refractivity (Wildman–Crippen MR) is 47.3 cm³/mol. The second-order valence-electron chi connectivity index (χ2n) is 5.29. The van der Waals surface area contributed by atoms with Gasteiger partial charge in [-0.05, 0) is 42.9 Å². The second kappa shape index (κ2) is 2.12. The molecule has 0 amide bonds. The van der Waals surface area contributed by atoms with Gasteiger partial charge in [0.15, 0.2) is 0 Å². The molecular weight excluding hydrogens is 164 g/mol. The van der Waals surface area contributed by atoms with E-state index in [0.29, 0.717) is 18.3 Å². The third-order valence-electron chi connectivity index (χ3n) is 4.98. The van der Waals surface area contributed by atoms with Crippen molar-refractivity contribution in [1.29, 1.82) is 0 Å². The van der Waals surface area contributed by atoms with Gasteiger partial charge in [0.2, 0.25) is 0 Å². The molecule has 0 spiro atoms. The van der Waals surface area contributed by atoms with Crippen LogP contribution in [0, 0.1) is 23.7 Å². The summed E-state index contributed by atoms with van der Waals surface area (Å²) in [5.41, 5.74) is 0. The summed E-state index contributed by atoms with van der Waals surface area (Å²) in [5.74, 6) is 3.72. The quantitative estimate of drug-likeness (QED) is 0.570. The number of hydrogen-bond donors (Lipinski definition) is 0. The van der Waals surface area contributed by atoms with Crippen molar-refractivity contribution in [3.63, 3.8) is 0 Å². The highest BCUT2D eigenvalue weighted by Crippen LogP contribution is 2.64. The van der Waals surface area contributed by atoms with Crippen LogP contribution in [0.15, 0.2) is 0 Å². The number of ether oxygens (including phenoxy) is 2. The lowest BCUT2D eigenvalue weighted by molar-refractivity contribution is 0.00603. The van der Waals surface area contributed by atoms with Crippen LogP contribution in [0.3, 0.4) is 0 Å². The maximum absolute atomic E-state index is 5.65. The van der Waals surface area contributed by atoms with Gasteiger partial charge in [0.05, 0.1) is 18.3 Å². The van der Waals surface area contributed by atoms with Crippen molar-refractivity contribution >= 4 is 0 Å². The minimum atomic E-state index is 0.587. The van der Waals surface area contributed by atoms with E-state index in [2.05, 4.69) is 0 Å². The first-order valence-corrected chi connectivity index (χ1v) is 5.56. The van der Waals surface area contributed by atoms with Crippen LogP contribution in [-0.2, 0) is 9.47 Å². The van der Waals surface area contributed by atoms with E-state index in [-0.39, 0.29) is 0 Å². The Kier molecular flexibility index (Phi) is 1.18. The summed E-state index contributed by atoms with van der Waals surface area (Å²) >= 11 is 0. The van der Waals surface area contributed by atoms with Gasteiger partial charge in [-0.25, -0.2) is 0 Å². The number of fused-ring (bicyclic) bond motifs is 7. The maximum Gasteiger partial charge on any atom is 0.0875 e. The van der Waals surface area contributed by atoms with Crippen molar-refractivity contribution in [3.8, 4) is 0 Å². The smallest absolute Gasteiger partial charge is 0.0875 e. The molecule has 13 heavy (non-hydrogen) atoms. The maximum atomic E-state index is 5.65. The van der Waals surface area contributed by atoms with Crippen molar-refractivity contribution in [2.45, 2.75) is 37.6 Å². The van der Waals surface area contributed by atoms with Crippen LogP contribution in [0.5, 0.6) is 0 Å². The molecule has 2 nitrogen and oxygen atoms in total. The Morgan fingerprint density at radius 2 is 2.08 bits per heavy atom. The topological polar surface area (TPSA) is 21.8 Å². The Morgan fingerprint density at radius 3 is 2.92 bits per heavy atom. The molecule has 72 valence electrons. The van der Waals surface area contributed by atoms with Crippen LogP contribution in [0.25, 0.3) is 0 Å². The van der Waals surface area contributed by atoms with Crippen molar-refractivity contribution in [2.75, 3.05) is 7.11 Å². The molecule has 4 fully saturated rings. The second-order valence-corrected chi connectivity index (χ2v) is 5.29.